The van der Waals surface area contributed by atoms with Crippen molar-refractivity contribution in [1.29, 1.82) is 0 Å². The minimum absolute atomic E-state index is 0.918. The maximum atomic E-state index is 5.10. The van der Waals surface area contributed by atoms with E-state index < -0.39 is 0 Å². The van der Waals surface area contributed by atoms with Gasteiger partial charge in [0, 0.05) is 16.3 Å². The fourth-order valence-corrected chi connectivity index (χ4v) is 4.10. The molecular weight excluding hydrogens is 328 g/mol. The summed E-state index contributed by atoms with van der Waals surface area (Å²) in [6, 6.07) is 23.3. The van der Waals surface area contributed by atoms with Crippen LogP contribution in [-0.4, -0.2) is 9.97 Å². The van der Waals surface area contributed by atoms with E-state index in [0.29, 0.717) is 0 Å². The van der Waals surface area contributed by atoms with Gasteiger partial charge < -0.3 is 0 Å². The summed E-state index contributed by atoms with van der Waals surface area (Å²) < 4.78 is 0. The van der Waals surface area contributed by atoms with Crippen molar-refractivity contribution in [2.24, 2.45) is 0 Å². The molecular formula is C25H20N2. The van der Waals surface area contributed by atoms with Crippen LogP contribution in [0.3, 0.4) is 0 Å². The van der Waals surface area contributed by atoms with Gasteiger partial charge in [0.15, 0.2) is 0 Å². The first kappa shape index (κ1) is 16.0. The Labute approximate surface area is 158 Å². The lowest BCUT2D eigenvalue weighted by molar-refractivity contribution is 1.12. The van der Waals surface area contributed by atoms with Gasteiger partial charge in [0.25, 0.3) is 0 Å². The summed E-state index contributed by atoms with van der Waals surface area (Å²) >= 11 is 0. The monoisotopic (exact) mass is 348 g/mol. The zero-order chi connectivity index (χ0) is 18.4. The largest absolute Gasteiger partial charge is 0.252 e. The fraction of sp³-hybridized carbons (Fsp3) is 0.120. The van der Waals surface area contributed by atoms with E-state index in [0.717, 1.165) is 34.1 Å². The molecule has 0 bridgehead atoms. The molecule has 0 spiro atoms. The number of aryl methyl sites for hydroxylation is 2. The molecule has 5 aromatic rings. The van der Waals surface area contributed by atoms with Crippen molar-refractivity contribution in [3.05, 3.63) is 84.1 Å². The van der Waals surface area contributed by atoms with Gasteiger partial charge in [-0.25, -0.2) is 4.98 Å². The number of hydrogen-bond donors (Lipinski definition) is 0. The molecule has 0 unspecified atom stereocenters. The summed E-state index contributed by atoms with van der Waals surface area (Å²) in [5.74, 6) is 0. The summed E-state index contributed by atoms with van der Waals surface area (Å²) in [6.45, 7) is 4.42. The molecule has 0 saturated carbocycles. The van der Waals surface area contributed by atoms with E-state index in [1.807, 2.05) is 24.4 Å². The Morgan fingerprint density at radius 1 is 0.741 bits per heavy atom. The van der Waals surface area contributed by atoms with Gasteiger partial charge in [0.05, 0.1) is 22.9 Å². The van der Waals surface area contributed by atoms with Gasteiger partial charge >= 0.3 is 0 Å². The Morgan fingerprint density at radius 2 is 1.48 bits per heavy atom. The maximum Gasteiger partial charge on any atom is 0.0982 e. The van der Waals surface area contributed by atoms with Crippen LogP contribution in [0.5, 0.6) is 0 Å². The van der Waals surface area contributed by atoms with E-state index in [1.54, 1.807) is 0 Å². The highest BCUT2D eigenvalue weighted by atomic mass is 14.8. The minimum atomic E-state index is 0.918. The van der Waals surface area contributed by atoms with Crippen LogP contribution in [0, 0.1) is 6.92 Å². The first-order chi connectivity index (χ1) is 13.3. The highest BCUT2D eigenvalue weighted by Crippen LogP contribution is 2.36. The van der Waals surface area contributed by atoms with Gasteiger partial charge in [-0.3, -0.25) is 4.98 Å². The van der Waals surface area contributed by atoms with Gasteiger partial charge in [0.1, 0.15) is 0 Å². The number of aromatic nitrogens is 2. The highest BCUT2D eigenvalue weighted by Gasteiger charge is 2.15. The molecule has 0 saturated heterocycles. The smallest absolute Gasteiger partial charge is 0.0982 e. The average molecular weight is 348 g/mol. The van der Waals surface area contributed by atoms with Crippen LogP contribution in [0.1, 0.15) is 18.1 Å². The number of rotatable bonds is 2. The van der Waals surface area contributed by atoms with Crippen LogP contribution in [0.2, 0.25) is 0 Å². The third-order valence-corrected chi connectivity index (χ3v) is 5.51. The second-order valence-electron chi connectivity index (χ2n) is 6.99. The second kappa shape index (κ2) is 6.17. The first-order valence-electron chi connectivity index (χ1n) is 9.43. The summed E-state index contributed by atoms with van der Waals surface area (Å²) in [7, 11) is 0. The lowest BCUT2D eigenvalue weighted by atomic mass is 9.93. The minimum Gasteiger partial charge on any atom is -0.252 e. The van der Waals surface area contributed by atoms with Gasteiger partial charge in [-0.15, -0.1) is 0 Å². The third-order valence-electron chi connectivity index (χ3n) is 5.51. The van der Waals surface area contributed by atoms with Gasteiger partial charge in [-0.2, -0.15) is 0 Å². The SMILES string of the molecule is CCc1ccc2c3ccccc3c3ncc(-c4ccccc4)nc3c2c1C. The topological polar surface area (TPSA) is 25.8 Å². The van der Waals surface area contributed by atoms with Crippen molar-refractivity contribution in [1.82, 2.24) is 9.97 Å². The van der Waals surface area contributed by atoms with E-state index in [1.165, 1.54) is 27.3 Å². The zero-order valence-corrected chi connectivity index (χ0v) is 15.5. The van der Waals surface area contributed by atoms with E-state index in [-0.39, 0.29) is 0 Å². The predicted molar refractivity (Wildman–Crippen MR) is 114 cm³/mol. The molecule has 130 valence electrons. The molecule has 0 N–H and O–H groups in total. The third kappa shape index (κ3) is 2.41. The van der Waals surface area contributed by atoms with Crippen LogP contribution in [0.15, 0.2) is 72.9 Å². The molecule has 0 amide bonds. The number of fused-ring (bicyclic) bond motifs is 6. The Bertz CT molecular complexity index is 1300. The van der Waals surface area contributed by atoms with Crippen LogP contribution in [0.4, 0.5) is 0 Å². The maximum absolute atomic E-state index is 5.10. The molecule has 0 aliphatic rings. The molecule has 27 heavy (non-hydrogen) atoms. The molecule has 1 aromatic heterocycles. The summed E-state index contributed by atoms with van der Waals surface area (Å²) in [5, 5.41) is 4.89. The van der Waals surface area contributed by atoms with Crippen LogP contribution >= 0.6 is 0 Å². The van der Waals surface area contributed by atoms with Gasteiger partial charge in [-0.05, 0) is 35.2 Å². The van der Waals surface area contributed by atoms with Crippen LogP contribution in [-0.2, 0) is 6.42 Å². The van der Waals surface area contributed by atoms with E-state index in [9.17, 15) is 0 Å². The van der Waals surface area contributed by atoms with E-state index in [2.05, 4.69) is 62.4 Å². The summed E-state index contributed by atoms with van der Waals surface area (Å²) in [5.41, 5.74) is 6.67. The Kier molecular flexibility index (Phi) is 3.64. The number of nitrogens with zero attached hydrogens (tertiary/aromatic N) is 2. The summed E-state index contributed by atoms with van der Waals surface area (Å²) in [6.07, 6.45) is 2.91. The lowest BCUT2D eigenvalue weighted by Gasteiger charge is -2.14. The molecule has 2 nitrogen and oxygen atoms in total. The highest BCUT2D eigenvalue weighted by molar-refractivity contribution is 6.24. The van der Waals surface area contributed by atoms with Gasteiger partial charge in [0.2, 0.25) is 0 Å². The first-order valence-corrected chi connectivity index (χ1v) is 9.43. The van der Waals surface area contributed by atoms with Crippen molar-refractivity contribution in [2.45, 2.75) is 20.3 Å². The van der Waals surface area contributed by atoms with Gasteiger partial charge in [-0.1, -0.05) is 73.7 Å². The van der Waals surface area contributed by atoms with Crippen molar-refractivity contribution in [3.63, 3.8) is 0 Å². The normalized spacial score (nSPS) is 11.5. The van der Waals surface area contributed by atoms with Crippen LogP contribution in [0.25, 0.3) is 43.8 Å². The molecule has 0 aliphatic heterocycles. The average Bonchev–Trinajstić information content (AvgIpc) is 2.74. The fourth-order valence-electron chi connectivity index (χ4n) is 4.10. The zero-order valence-electron chi connectivity index (χ0n) is 15.5. The van der Waals surface area contributed by atoms with Crippen molar-refractivity contribution in [3.8, 4) is 11.3 Å². The van der Waals surface area contributed by atoms with E-state index in [4.69, 9.17) is 9.97 Å². The van der Waals surface area contributed by atoms with E-state index >= 15 is 0 Å². The molecule has 5 rings (SSSR count). The molecule has 0 radical (unpaired) electrons. The standard InChI is InChI=1S/C25H20N2/c1-3-17-13-14-20-19-11-7-8-12-21(19)24-25(23(20)16(17)2)27-22(15-26-24)18-9-5-4-6-10-18/h4-15H,3H2,1-2H3. The Morgan fingerprint density at radius 3 is 2.26 bits per heavy atom. The summed E-state index contributed by atoms with van der Waals surface area (Å²) in [4.78, 5) is 9.97. The van der Waals surface area contributed by atoms with Crippen molar-refractivity contribution >= 4 is 32.6 Å². The lowest BCUT2D eigenvalue weighted by Crippen LogP contribution is -1.95. The molecule has 4 aromatic carbocycles. The second-order valence-corrected chi connectivity index (χ2v) is 6.99. The molecule has 0 atom stereocenters. The van der Waals surface area contributed by atoms with Crippen LogP contribution < -0.4 is 0 Å². The quantitative estimate of drug-likeness (QED) is 0.341. The van der Waals surface area contributed by atoms with Crippen molar-refractivity contribution in [2.75, 3.05) is 0 Å². The molecule has 2 heteroatoms. The number of benzene rings is 4. The molecule has 0 fully saturated rings. The van der Waals surface area contributed by atoms with Crippen molar-refractivity contribution < 1.29 is 0 Å². The predicted octanol–water partition coefficient (Wildman–Crippen LogP) is 6.47. The number of hydrogen-bond acceptors (Lipinski definition) is 2. The molecule has 1 heterocycles. The Balaban J connectivity index is 2.00. The Hall–Kier alpha value is -3.26. The molecule has 0 aliphatic carbocycles.